The van der Waals surface area contributed by atoms with Gasteiger partial charge in [0, 0.05) is 11.8 Å². The zero-order chi connectivity index (χ0) is 9.40. The van der Waals surface area contributed by atoms with Crippen molar-refractivity contribution in [2.75, 3.05) is 0 Å². The third kappa shape index (κ3) is 8.72. The molecule has 0 aliphatic carbocycles. The zero-order valence-corrected chi connectivity index (χ0v) is 7.97. The summed E-state index contributed by atoms with van der Waals surface area (Å²) < 4.78 is 9.86. The monoisotopic (exact) mass is 166 g/mol. The van der Waals surface area contributed by atoms with Crippen LogP contribution in [0.25, 0.3) is 0 Å². The van der Waals surface area contributed by atoms with Crippen molar-refractivity contribution in [3.63, 3.8) is 0 Å². The maximum Gasteiger partial charge on any atom is 0.125 e. The van der Waals surface area contributed by atoms with Crippen molar-refractivity contribution >= 4 is 0 Å². The maximum absolute atomic E-state index is 4.93. The van der Waals surface area contributed by atoms with Crippen molar-refractivity contribution < 1.29 is 9.47 Å². The van der Waals surface area contributed by atoms with Gasteiger partial charge in [-0.15, -0.1) is 0 Å². The van der Waals surface area contributed by atoms with E-state index in [4.69, 9.17) is 9.47 Å². The molecule has 0 N–H and O–H groups in total. The molecule has 12 heavy (non-hydrogen) atoms. The lowest BCUT2D eigenvalue weighted by Gasteiger charge is -1.97. The van der Waals surface area contributed by atoms with Gasteiger partial charge in [-0.1, -0.05) is 0 Å². The molecular formula is C10H14O2. The van der Waals surface area contributed by atoms with Crippen LogP contribution in [0, 0.1) is 24.1 Å². The lowest BCUT2D eigenvalue weighted by atomic mass is 10.5. The Bertz CT molecular complexity index is 194. The molecule has 0 saturated heterocycles. The third-order valence-electron chi connectivity index (χ3n) is 0.754. The Kier molecular flexibility index (Phi) is 5.75. The maximum atomic E-state index is 4.93. The molecule has 2 heteroatoms. The Morgan fingerprint density at radius 1 is 0.750 bits per heavy atom. The summed E-state index contributed by atoms with van der Waals surface area (Å²) in [5, 5.41) is 0. The number of hydrogen-bond acceptors (Lipinski definition) is 2. The molecule has 0 aliphatic heterocycles. The molecule has 0 rings (SSSR count). The fraction of sp³-hybridized carbons (Fsp3) is 0.600. The van der Waals surface area contributed by atoms with Crippen LogP contribution in [-0.4, -0.2) is 12.2 Å². The second-order valence-corrected chi connectivity index (χ2v) is 2.79. The molecule has 0 aromatic rings. The van der Waals surface area contributed by atoms with E-state index in [9.17, 15) is 0 Å². The smallest absolute Gasteiger partial charge is 0.125 e. The largest absolute Gasteiger partial charge is 0.443 e. The van der Waals surface area contributed by atoms with Crippen molar-refractivity contribution in [3.8, 4) is 24.1 Å². The normalized spacial score (nSPS) is 8.17. The average Bonchev–Trinajstić information content (AvgIpc) is 1.95. The average molecular weight is 166 g/mol. The molecule has 66 valence electrons. The zero-order valence-electron chi connectivity index (χ0n) is 7.97. The fourth-order valence-electron chi connectivity index (χ4n) is 0.346. The Balaban J connectivity index is 3.59. The molecule has 0 amide bonds. The van der Waals surface area contributed by atoms with Crippen LogP contribution < -0.4 is 0 Å². The highest BCUT2D eigenvalue weighted by atomic mass is 16.5. The molecule has 0 aromatic carbocycles. The van der Waals surface area contributed by atoms with Crippen molar-refractivity contribution in [2.45, 2.75) is 39.9 Å². The minimum Gasteiger partial charge on any atom is -0.443 e. The molecule has 0 bridgehead atoms. The summed E-state index contributed by atoms with van der Waals surface area (Å²) in [5.74, 6) is 5.03. The van der Waals surface area contributed by atoms with Gasteiger partial charge < -0.3 is 9.47 Å². The SMILES string of the molecule is CC(C)OC#CC#COC(C)C. The lowest BCUT2D eigenvalue weighted by Crippen LogP contribution is -1.95. The first kappa shape index (κ1) is 10.7. The van der Waals surface area contributed by atoms with Crippen LogP contribution in [0.1, 0.15) is 27.7 Å². The Morgan fingerprint density at radius 3 is 1.33 bits per heavy atom. The van der Waals surface area contributed by atoms with Gasteiger partial charge in [0.2, 0.25) is 0 Å². The van der Waals surface area contributed by atoms with Crippen molar-refractivity contribution in [1.29, 1.82) is 0 Å². The van der Waals surface area contributed by atoms with Gasteiger partial charge >= 0.3 is 0 Å². The summed E-state index contributed by atoms with van der Waals surface area (Å²) in [6.45, 7) is 7.64. The second-order valence-electron chi connectivity index (χ2n) is 2.79. The van der Waals surface area contributed by atoms with E-state index in [1.54, 1.807) is 0 Å². The van der Waals surface area contributed by atoms with E-state index in [1.165, 1.54) is 0 Å². The summed E-state index contributed by atoms with van der Waals surface area (Å²) >= 11 is 0. The second kappa shape index (κ2) is 6.43. The molecule has 0 unspecified atom stereocenters. The van der Waals surface area contributed by atoms with E-state index in [1.807, 2.05) is 27.7 Å². The summed E-state index contributed by atoms with van der Waals surface area (Å²) in [5.41, 5.74) is 0. The minimum absolute atomic E-state index is 0.116. The van der Waals surface area contributed by atoms with Crippen LogP contribution in [0.15, 0.2) is 0 Å². The van der Waals surface area contributed by atoms with Gasteiger partial charge in [-0.25, -0.2) is 0 Å². The molecule has 0 spiro atoms. The summed E-state index contributed by atoms with van der Waals surface area (Å²) in [7, 11) is 0. The van der Waals surface area contributed by atoms with E-state index in [-0.39, 0.29) is 12.2 Å². The number of ether oxygens (including phenoxy) is 2. The molecule has 0 saturated carbocycles. The summed E-state index contributed by atoms with van der Waals surface area (Å²) in [6, 6.07) is 0. The van der Waals surface area contributed by atoms with Crippen molar-refractivity contribution in [1.82, 2.24) is 0 Å². The van der Waals surface area contributed by atoms with Gasteiger partial charge in [-0.2, -0.15) is 0 Å². The molecule has 0 heterocycles. The van der Waals surface area contributed by atoms with E-state index in [2.05, 4.69) is 24.1 Å². The first-order valence-corrected chi connectivity index (χ1v) is 3.94. The first-order chi connectivity index (χ1) is 5.63. The van der Waals surface area contributed by atoms with E-state index in [0.717, 1.165) is 0 Å². The number of rotatable bonds is 2. The highest BCUT2D eigenvalue weighted by Crippen LogP contribution is 1.83. The summed E-state index contributed by atoms with van der Waals surface area (Å²) in [6.07, 6.45) is 5.14. The van der Waals surface area contributed by atoms with E-state index in [0.29, 0.717) is 0 Å². The molecule has 0 radical (unpaired) electrons. The Hall–Kier alpha value is -1.28. The quantitative estimate of drug-likeness (QED) is 0.582. The van der Waals surface area contributed by atoms with E-state index < -0.39 is 0 Å². The standard InChI is InChI=1S/C10H14O2/c1-9(2)11-7-5-6-8-12-10(3)4/h9-10H,1-4H3. The van der Waals surface area contributed by atoms with Crippen LogP contribution >= 0.6 is 0 Å². The first-order valence-electron chi connectivity index (χ1n) is 3.94. The predicted molar refractivity (Wildman–Crippen MR) is 48.0 cm³/mol. The van der Waals surface area contributed by atoms with Crippen LogP contribution in [0.4, 0.5) is 0 Å². The number of hydrogen-bond donors (Lipinski definition) is 0. The van der Waals surface area contributed by atoms with Gasteiger partial charge in [0.25, 0.3) is 0 Å². The molecular weight excluding hydrogens is 152 g/mol. The van der Waals surface area contributed by atoms with E-state index >= 15 is 0 Å². The Morgan fingerprint density at radius 2 is 1.08 bits per heavy atom. The fourth-order valence-corrected chi connectivity index (χ4v) is 0.346. The molecule has 0 fully saturated rings. The van der Waals surface area contributed by atoms with Crippen molar-refractivity contribution in [2.24, 2.45) is 0 Å². The third-order valence-corrected chi connectivity index (χ3v) is 0.754. The van der Waals surface area contributed by atoms with Crippen LogP contribution in [0.2, 0.25) is 0 Å². The van der Waals surface area contributed by atoms with Gasteiger partial charge in [-0.3, -0.25) is 0 Å². The van der Waals surface area contributed by atoms with Crippen LogP contribution in [0.3, 0.4) is 0 Å². The highest BCUT2D eigenvalue weighted by molar-refractivity contribution is 5.21. The minimum atomic E-state index is 0.116. The van der Waals surface area contributed by atoms with Gasteiger partial charge in [0.1, 0.15) is 24.4 Å². The Labute approximate surface area is 74.2 Å². The molecule has 0 aromatic heterocycles. The lowest BCUT2D eigenvalue weighted by molar-refractivity contribution is 0.202. The summed E-state index contributed by atoms with van der Waals surface area (Å²) in [4.78, 5) is 0. The van der Waals surface area contributed by atoms with Gasteiger partial charge in [0.15, 0.2) is 0 Å². The highest BCUT2D eigenvalue weighted by Gasteiger charge is 1.85. The van der Waals surface area contributed by atoms with Gasteiger partial charge in [-0.05, 0) is 27.7 Å². The van der Waals surface area contributed by atoms with Gasteiger partial charge in [0.05, 0.1) is 0 Å². The predicted octanol–water partition coefficient (Wildman–Crippen LogP) is 1.76. The van der Waals surface area contributed by atoms with Crippen LogP contribution in [-0.2, 0) is 9.47 Å². The molecule has 0 aliphatic rings. The van der Waals surface area contributed by atoms with Crippen LogP contribution in [0.5, 0.6) is 0 Å². The molecule has 0 atom stereocenters. The van der Waals surface area contributed by atoms with Crippen molar-refractivity contribution in [3.05, 3.63) is 0 Å². The topological polar surface area (TPSA) is 18.5 Å². The molecule has 2 nitrogen and oxygen atoms in total.